The van der Waals surface area contributed by atoms with Gasteiger partial charge in [0.25, 0.3) is 0 Å². The molecule has 0 saturated heterocycles. The first-order chi connectivity index (χ1) is 13.8. The summed E-state index contributed by atoms with van der Waals surface area (Å²) in [6.07, 6.45) is -0.0249. The number of hydrogen-bond donors (Lipinski definition) is 2. The highest BCUT2D eigenvalue weighted by molar-refractivity contribution is 5.92. The number of aliphatic hydroxyl groups excluding tert-OH is 1. The van der Waals surface area contributed by atoms with E-state index in [-0.39, 0.29) is 17.2 Å². The first kappa shape index (κ1) is 22.4. The Hall–Kier alpha value is -2.33. The van der Waals surface area contributed by atoms with Gasteiger partial charge >= 0.3 is 0 Å². The highest BCUT2D eigenvalue weighted by atomic mass is 16.5. The quantitative estimate of drug-likeness (QED) is 0.648. The van der Waals surface area contributed by atoms with Crippen LogP contribution in [-0.2, 0) is 4.79 Å². The lowest BCUT2D eigenvalue weighted by Crippen LogP contribution is -2.31. The predicted octanol–water partition coefficient (Wildman–Crippen LogP) is 6.03. The van der Waals surface area contributed by atoms with Gasteiger partial charge < -0.3 is 15.2 Å². The zero-order chi connectivity index (χ0) is 22.4. The van der Waals surface area contributed by atoms with Crippen LogP contribution in [0.2, 0.25) is 0 Å². The molecule has 4 nitrogen and oxygen atoms in total. The van der Waals surface area contributed by atoms with E-state index in [2.05, 4.69) is 65.1 Å². The molecule has 0 aliphatic carbocycles. The van der Waals surface area contributed by atoms with Crippen molar-refractivity contribution in [3.63, 3.8) is 0 Å². The highest BCUT2D eigenvalue weighted by Gasteiger charge is 2.43. The van der Waals surface area contributed by atoms with E-state index >= 15 is 0 Å². The molecule has 162 valence electrons. The second-order valence-corrected chi connectivity index (χ2v) is 10.4. The molecular weight excluding hydrogens is 374 g/mol. The molecule has 30 heavy (non-hydrogen) atoms. The van der Waals surface area contributed by atoms with Crippen LogP contribution in [0.15, 0.2) is 30.3 Å². The Morgan fingerprint density at radius 3 is 2.30 bits per heavy atom. The molecule has 0 radical (unpaired) electrons. The van der Waals surface area contributed by atoms with Crippen LogP contribution in [0.1, 0.15) is 87.8 Å². The summed E-state index contributed by atoms with van der Waals surface area (Å²) in [6.45, 7) is 16.3. The summed E-state index contributed by atoms with van der Waals surface area (Å²) in [4.78, 5) is 12.6. The van der Waals surface area contributed by atoms with Gasteiger partial charge in [0.1, 0.15) is 11.4 Å². The first-order valence-electron chi connectivity index (χ1n) is 10.7. The lowest BCUT2D eigenvalue weighted by molar-refractivity contribution is -0.117. The molecule has 1 amide bonds. The van der Waals surface area contributed by atoms with Crippen molar-refractivity contribution in [2.45, 2.75) is 79.4 Å². The third-order valence-electron chi connectivity index (χ3n) is 5.96. The molecule has 0 fully saturated rings. The Morgan fingerprint density at radius 1 is 1.17 bits per heavy atom. The number of nitrogens with one attached hydrogen (secondary N) is 1. The second-order valence-electron chi connectivity index (χ2n) is 10.4. The molecule has 1 heterocycles. The third kappa shape index (κ3) is 4.39. The lowest BCUT2D eigenvalue weighted by atomic mass is 9.80. The van der Waals surface area contributed by atoms with Crippen molar-refractivity contribution < 1.29 is 14.6 Å². The van der Waals surface area contributed by atoms with Gasteiger partial charge in [0.05, 0.1) is 12.0 Å². The maximum Gasteiger partial charge on any atom is 0.224 e. The van der Waals surface area contributed by atoms with Crippen molar-refractivity contribution in [3.05, 3.63) is 58.1 Å². The monoisotopic (exact) mass is 409 g/mol. The number of fused-ring (bicyclic) bond motifs is 1. The first-order valence-corrected chi connectivity index (χ1v) is 10.7. The molecule has 2 atom stereocenters. The van der Waals surface area contributed by atoms with E-state index in [0.717, 1.165) is 39.3 Å². The Kier molecular flexibility index (Phi) is 5.76. The summed E-state index contributed by atoms with van der Waals surface area (Å²) in [5.74, 6) is 0.977. The van der Waals surface area contributed by atoms with E-state index in [1.807, 2.05) is 19.1 Å². The topological polar surface area (TPSA) is 58.6 Å². The summed E-state index contributed by atoms with van der Waals surface area (Å²) in [5.41, 5.74) is 5.60. The largest absolute Gasteiger partial charge is 0.486 e. The number of carbonyl (C=O) groups is 1. The average molecular weight is 410 g/mol. The fraction of sp³-hybridized carbons (Fsp3) is 0.500. The lowest BCUT2D eigenvalue weighted by Gasteiger charge is -2.27. The molecule has 1 aliphatic rings. The Bertz CT molecular complexity index is 950. The summed E-state index contributed by atoms with van der Waals surface area (Å²) in [6, 6.07) is 10.2. The summed E-state index contributed by atoms with van der Waals surface area (Å²) in [5, 5.41) is 13.0. The minimum Gasteiger partial charge on any atom is -0.486 e. The number of hydrogen-bond acceptors (Lipinski definition) is 3. The van der Waals surface area contributed by atoms with Crippen LogP contribution in [0.25, 0.3) is 0 Å². The van der Waals surface area contributed by atoms with Gasteiger partial charge in [0, 0.05) is 17.7 Å². The van der Waals surface area contributed by atoms with Crippen molar-refractivity contribution in [2.24, 2.45) is 5.41 Å². The van der Waals surface area contributed by atoms with Crippen LogP contribution in [0.4, 0.5) is 5.69 Å². The number of rotatable bonds is 4. The van der Waals surface area contributed by atoms with Gasteiger partial charge in [0.15, 0.2) is 0 Å². The van der Waals surface area contributed by atoms with Gasteiger partial charge in [-0.25, -0.2) is 0 Å². The van der Waals surface area contributed by atoms with Crippen LogP contribution in [0.3, 0.4) is 0 Å². The van der Waals surface area contributed by atoms with Gasteiger partial charge in [-0.2, -0.15) is 0 Å². The van der Waals surface area contributed by atoms with Gasteiger partial charge in [-0.15, -0.1) is 0 Å². The summed E-state index contributed by atoms with van der Waals surface area (Å²) >= 11 is 0. The van der Waals surface area contributed by atoms with Crippen molar-refractivity contribution >= 4 is 11.6 Å². The Morgan fingerprint density at radius 2 is 1.77 bits per heavy atom. The van der Waals surface area contributed by atoms with Crippen molar-refractivity contribution in [1.82, 2.24) is 0 Å². The normalized spacial score (nSPS) is 18.5. The summed E-state index contributed by atoms with van der Waals surface area (Å²) < 4.78 is 6.43. The van der Waals surface area contributed by atoms with Crippen LogP contribution >= 0.6 is 0 Å². The summed E-state index contributed by atoms with van der Waals surface area (Å²) in [7, 11) is 0. The predicted molar refractivity (Wildman–Crippen MR) is 122 cm³/mol. The van der Waals surface area contributed by atoms with Gasteiger partial charge in [-0.3, -0.25) is 4.79 Å². The Labute approximate surface area is 180 Å². The van der Waals surface area contributed by atoms with Crippen molar-refractivity contribution in [3.8, 4) is 5.75 Å². The fourth-order valence-electron chi connectivity index (χ4n) is 4.32. The highest BCUT2D eigenvalue weighted by Crippen LogP contribution is 2.51. The molecule has 2 aromatic carbocycles. The smallest absolute Gasteiger partial charge is 0.224 e. The number of aliphatic hydroxyl groups is 1. The standard InChI is InChI=1S/C26H35NO3/c1-15-16(2)24-20(13-21(15)27-22(29)14-25(4,5)6)23(26(7,8)30-24)19-11-9-18(10-12-19)17(3)28/h9-13,17,23,28H,14H2,1-8H3,(H,27,29). The molecule has 0 spiro atoms. The third-order valence-corrected chi connectivity index (χ3v) is 5.96. The van der Waals surface area contributed by atoms with Crippen molar-refractivity contribution in [2.75, 3.05) is 5.32 Å². The Balaban J connectivity index is 2.03. The second kappa shape index (κ2) is 7.73. The van der Waals surface area contributed by atoms with Crippen molar-refractivity contribution in [1.29, 1.82) is 0 Å². The maximum atomic E-state index is 12.6. The van der Waals surface area contributed by atoms with Crippen LogP contribution in [-0.4, -0.2) is 16.6 Å². The number of amides is 1. The molecule has 4 heteroatoms. The molecule has 2 N–H and O–H groups in total. The van der Waals surface area contributed by atoms with Crippen LogP contribution in [0, 0.1) is 19.3 Å². The number of carbonyl (C=O) groups excluding carboxylic acids is 1. The van der Waals surface area contributed by atoms with E-state index in [1.54, 1.807) is 6.92 Å². The minimum absolute atomic E-state index is 0.0287. The van der Waals surface area contributed by atoms with E-state index in [0.29, 0.717) is 6.42 Å². The minimum atomic E-state index is -0.492. The van der Waals surface area contributed by atoms with E-state index < -0.39 is 11.7 Å². The van der Waals surface area contributed by atoms with Gasteiger partial charge in [-0.05, 0) is 68.4 Å². The number of ether oxygens (including phenoxy) is 1. The number of benzene rings is 2. The number of anilines is 1. The molecule has 3 rings (SSSR count). The van der Waals surface area contributed by atoms with E-state index in [9.17, 15) is 9.90 Å². The molecule has 0 saturated carbocycles. The molecular formula is C26H35NO3. The molecule has 2 unspecified atom stereocenters. The molecule has 2 aromatic rings. The van der Waals surface area contributed by atoms with Crippen LogP contribution < -0.4 is 10.1 Å². The maximum absolute atomic E-state index is 12.6. The van der Waals surface area contributed by atoms with E-state index in [1.165, 1.54) is 0 Å². The van der Waals surface area contributed by atoms with Gasteiger partial charge in [-0.1, -0.05) is 45.0 Å². The SMILES string of the molecule is Cc1c(NC(=O)CC(C)(C)C)cc2c(c1C)OC(C)(C)C2c1ccc(C(C)O)cc1. The molecule has 1 aliphatic heterocycles. The molecule has 0 bridgehead atoms. The van der Waals surface area contributed by atoms with E-state index in [4.69, 9.17) is 4.74 Å². The molecule has 0 aromatic heterocycles. The zero-order valence-electron chi connectivity index (χ0n) is 19.5. The fourth-order valence-corrected chi connectivity index (χ4v) is 4.32. The van der Waals surface area contributed by atoms with Crippen LogP contribution in [0.5, 0.6) is 5.75 Å². The van der Waals surface area contributed by atoms with Gasteiger partial charge in [0.2, 0.25) is 5.91 Å². The average Bonchev–Trinajstić information content (AvgIpc) is 2.88. The zero-order valence-corrected chi connectivity index (χ0v) is 19.5.